The smallest absolute Gasteiger partial charge is 0.271 e. The van der Waals surface area contributed by atoms with E-state index in [0.717, 1.165) is 5.69 Å². The van der Waals surface area contributed by atoms with Crippen molar-refractivity contribution in [1.29, 1.82) is 0 Å². The Morgan fingerprint density at radius 1 is 1.42 bits per heavy atom. The number of rotatable bonds is 7. The lowest BCUT2D eigenvalue weighted by Crippen LogP contribution is -2.36. The molecule has 140 valence electrons. The van der Waals surface area contributed by atoms with E-state index >= 15 is 0 Å². The minimum absolute atomic E-state index is 0.118. The summed E-state index contributed by atoms with van der Waals surface area (Å²) in [5.74, 6) is -0.278. The molecule has 1 atom stereocenters. The summed E-state index contributed by atoms with van der Waals surface area (Å²) in [6, 6.07) is 7.45. The van der Waals surface area contributed by atoms with Gasteiger partial charge in [0.15, 0.2) is 0 Å². The minimum atomic E-state index is -3.67. The van der Waals surface area contributed by atoms with Crippen LogP contribution in [-0.2, 0) is 27.7 Å². The number of hydrogen-bond acceptors (Lipinski definition) is 5. The highest BCUT2D eigenvalue weighted by molar-refractivity contribution is 7.89. The first-order chi connectivity index (χ1) is 12.4. The minimum Gasteiger partial charge on any atom is -0.383 e. The molecule has 0 bridgehead atoms. The number of ether oxygens (including phenoxy) is 1. The Kier molecular flexibility index (Phi) is 5.61. The number of sulfonamides is 1. The van der Waals surface area contributed by atoms with Crippen molar-refractivity contribution in [1.82, 2.24) is 19.8 Å². The second-order valence-corrected chi connectivity index (χ2v) is 8.08. The van der Waals surface area contributed by atoms with Gasteiger partial charge in [-0.2, -0.15) is 5.10 Å². The zero-order valence-electron chi connectivity index (χ0n) is 14.1. The van der Waals surface area contributed by atoms with Gasteiger partial charge < -0.3 is 10.1 Å². The largest absolute Gasteiger partial charge is 0.383 e. The van der Waals surface area contributed by atoms with Crippen molar-refractivity contribution < 1.29 is 17.9 Å². The highest BCUT2D eigenvalue weighted by Crippen LogP contribution is 2.20. The molecule has 2 heterocycles. The van der Waals surface area contributed by atoms with Gasteiger partial charge in [-0.15, -0.1) is 0 Å². The van der Waals surface area contributed by atoms with E-state index in [4.69, 9.17) is 16.3 Å². The molecule has 10 heteroatoms. The Labute approximate surface area is 156 Å². The number of nitrogens with zero attached hydrogens (tertiary/aromatic N) is 2. The van der Waals surface area contributed by atoms with E-state index < -0.39 is 10.0 Å². The van der Waals surface area contributed by atoms with Crippen LogP contribution < -0.4 is 10.0 Å². The van der Waals surface area contributed by atoms with E-state index in [1.54, 1.807) is 30.0 Å². The van der Waals surface area contributed by atoms with E-state index in [-0.39, 0.29) is 16.8 Å². The van der Waals surface area contributed by atoms with Crippen LogP contribution in [0.2, 0.25) is 5.02 Å². The molecule has 2 N–H and O–H groups in total. The third kappa shape index (κ3) is 4.24. The molecule has 0 saturated carbocycles. The number of benzene rings is 1. The number of carbonyl (C=O) groups excluding carboxylic acids is 1. The average Bonchev–Trinajstić information content (AvgIpc) is 3.13. The van der Waals surface area contributed by atoms with Crippen LogP contribution in [0.3, 0.4) is 0 Å². The van der Waals surface area contributed by atoms with Crippen molar-refractivity contribution in [3.63, 3.8) is 0 Å². The molecule has 2 aromatic rings. The van der Waals surface area contributed by atoms with E-state index in [1.807, 2.05) is 0 Å². The molecule has 0 radical (unpaired) electrons. The fourth-order valence-corrected chi connectivity index (χ4v) is 4.30. The van der Waals surface area contributed by atoms with Crippen molar-refractivity contribution >= 4 is 27.5 Å². The molecule has 26 heavy (non-hydrogen) atoms. The number of methoxy groups -OCH3 is 1. The van der Waals surface area contributed by atoms with Crippen LogP contribution >= 0.6 is 11.6 Å². The van der Waals surface area contributed by atoms with Crippen LogP contribution in [0, 0.1) is 0 Å². The number of aromatic nitrogens is 2. The summed E-state index contributed by atoms with van der Waals surface area (Å²) >= 11 is 5.86. The number of amides is 1. The van der Waals surface area contributed by atoms with Crippen LogP contribution in [0.25, 0.3) is 0 Å². The van der Waals surface area contributed by atoms with Crippen LogP contribution in [0.15, 0.2) is 35.2 Å². The molecule has 1 aromatic carbocycles. The predicted octanol–water partition coefficient (Wildman–Crippen LogP) is 0.816. The molecule has 0 unspecified atom stereocenters. The van der Waals surface area contributed by atoms with Gasteiger partial charge in [-0.05, 0) is 24.3 Å². The maximum atomic E-state index is 12.5. The van der Waals surface area contributed by atoms with E-state index in [1.165, 1.54) is 12.1 Å². The molecule has 1 aromatic heterocycles. The first kappa shape index (κ1) is 18.8. The summed E-state index contributed by atoms with van der Waals surface area (Å²) in [7, 11) is -2.11. The monoisotopic (exact) mass is 398 g/mol. The highest BCUT2D eigenvalue weighted by atomic mass is 35.5. The van der Waals surface area contributed by atoms with Gasteiger partial charge in [0.25, 0.3) is 5.91 Å². The van der Waals surface area contributed by atoms with Crippen molar-refractivity contribution in [3.8, 4) is 0 Å². The maximum Gasteiger partial charge on any atom is 0.271 e. The van der Waals surface area contributed by atoms with E-state index in [9.17, 15) is 13.2 Å². The van der Waals surface area contributed by atoms with Crippen LogP contribution in [0.4, 0.5) is 0 Å². The summed E-state index contributed by atoms with van der Waals surface area (Å²) in [6.45, 7) is 1.19. The lowest BCUT2D eigenvalue weighted by atomic mass is 10.2. The molecule has 0 aliphatic carbocycles. The van der Waals surface area contributed by atoms with E-state index in [2.05, 4.69) is 15.1 Å². The number of fused-ring (bicyclic) bond motifs is 1. The van der Waals surface area contributed by atoms with Crippen molar-refractivity contribution in [2.75, 3.05) is 20.3 Å². The Balaban J connectivity index is 1.63. The van der Waals surface area contributed by atoms with Crippen LogP contribution in [-0.4, -0.2) is 50.4 Å². The molecule has 1 amide bonds. The Hall–Kier alpha value is -1.94. The van der Waals surface area contributed by atoms with Crippen molar-refractivity contribution in [3.05, 3.63) is 46.7 Å². The number of hydrogen-bond donors (Lipinski definition) is 2. The Bertz CT molecular complexity index is 889. The summed E-state index contributed by atoms with van der Waals surface area (Å²) in [5.41, 5.74) is 1.12. The number of halogens is 1. The molecule has 1 aliphatic heterocycles. The fourth-order valence-electron chi connectivity index (χ4n) is 2.77. The van der Waals surface area contributed by atoms with Gasteiger partial charge in [0.1, 0.15) is 5.69 Å². The number of nitrogens with one attached hydrogen (secondary N) is 2. The molecule has 3 rings (SSSR count). The second kappa shape index (κ2) is 7.75. The standard InChI is InChI=1S/C16H19ClN4O4S/c1-25-6-5-18-16(22)15-9-13-8-12(10-21(13)19-15)20-26(23,24)14-4-2-3-11(17)7-14/h2-4,7,9,12,20H,5-6,8,10H2,1H3,(H,18,22)/t12-/m0/s1. The molecule has 0 spiro atoms. The Morgan fingerprint density at radius 2 is 2.23 bits per heavy atom. The molecular weight excluding hydrogens is 380 g/mol. The zero-order valence-corrected chi connectivity index (χ0v) is 15.7. The quantitative estimate of drug-likeness (QED) is 0.672. The zero-order chi connectivity index (χ0) is 18.7. The fraction of sp³-hybridized carbons (Fsp3) is 0.375. The van der Waals surface area contributed by atoms with Gasteiger partial charge in [0.05, 0.1) is 18.0 Å². The topological polar surface area (TPSA) is 102 Å². The summed E-state index contributed by atoms with van der Waals surface area (Å²) in [6.07, 6.45) is 0.456. The van der Waals surface area contributed by atoms with Gasteiger partial charge in [-0.3, -0.25) is 9.48 Å². The number of carbonyl (C=O) groups is 1. The lowest BCUT2D eigenvalue weighted by Gasteiger charge is -2.12. The first-order valence-corrected chi connectivity index (χ1v) is 9.87. The third-order valence-electron chi connectivity index (χ3n) is 3.96. The second-order valence-electron chi connectivity index (χ2n) is 5.93. The lowest BCUT2D eigenvalue weighted by molar-refractivity contribution is 0.0931. The first-order valence-electron chi connectivity index (χ1n) is 8.01. The van der Waals surface area contributed by atoms with Gasteiger partial charge in [0.2, 0.25) is 10.0 Å². The third-order valence-corrected chi connectivity index (χ3v) is 5.72. The summed E-state index contributed by atoms with van der Waals surface area (Å²) in [4.78, 5) is 12.1. The summed E-state index contributed by atoms with van der Waals surface area (Å²) in [5, 5.41) is 7.30. The molecule has 0 saturated heterocycles. The van der Waals surface area contributed by atoms with Gasteiger partial charge in [-0.25, -0.2) is 13.1 Å². The van der Waals surface area contributed by atoms with Crippen LogP contribution in [0.5, 0.6) is 0 Å². The van der Waals surface area contributed by atoms with Gasteiger partial charge >= 0.3 is 0 Å². The Morgan fingerprint density at radius 3 is 2.92 bits per heavy atom. The van der Waals surface area contributed by atoms with Crippen molar-refractivity contribution in [2.24, 2.45) is 0 Å². The average molecular weight is 399 g/mol. The summed E-state index contributed by atoms with van der Waals surface area (Å²) < 4.78 is 34.1. The highest BCUT2D eigenvalue weighted by Gasteiger charge is 2.29. The molecule has 0 fully saturated rings. The molecular formula is C16H19ClN4O4S. The SMILES string of the molecule is COCCNC(=O)c1cc2n(n1)C[C@@H](NS(=O)(=O)c1cccc(Cl)c1)C2. The van der Waals surface area contributed by atoms with Crippen molar-refractivity contribution in [2.45, 2.75) is 23.9 Å². The van der Waals surface area contributed by atoms with E-state index in [0.29, 0.717) is 36.8 Å². The van der Waals surface area contributed by atoms with Gasteiger partial charge in [-0.1, -0.05) is 17.7 Å². The molecule has 1 aliphatic rings. The molecule has 8 nitrogen and oxygen atoms in total. The van der Waals surface area contributed by atoms with Gasteiger partial charge in [0, 0.05) is 36.8 Å². The van der Waals surface area contributed by atoms with Crippen LogP contribution in [0.1, 0.15) is 16.2 Å². The predicted molar refractivity (Wildman–Crippen MR) is 95.7 cm³/mol. The maximum absolute atomic E-state index is 12.5. The normalized spacial score (nSPS) is 16.5.